The van der Waals surface area contributed by atoms with E-state index < -0.39 is 0 Å². The van der Waals surface area contributed by atoms with Crippen LogP contribution in [0.5, 0.6) is 0 Å². The molecule has 1 aromatic heterocycles. The van der Waals surface area contributed by atoms with E-state index in [0.29, 0.717) is 12.6 Å². The van der Waals surface area contributed by atoms with Gasteiger partial charge in [0, 0.05) is 20.2 Å². The predicted molar refractivity (Wildman–Crippen MR) is 101 cm³/mol. The van der Waals surface area contributed by atoms with Gasteiger partial charge in [0.15, 0.2) is 0 Å². The summed E-state index contributed by atoms with van der Waals surface area (Å²) in [7, 11) is 0. The van der Waals surface area contributed by atoms with Crippen LogP contribution in [0.2, 0.25) is 0 Å². The Hall–Kier alpha value is -2.95. The highest BCUT2D eigenvalue weighted by Gasteiger charge is 2.66. The quantitative estimate of drug-likeness (QED) is 0.926. The fraction of sp³-hybridized carbons (Fsp3) is 0.250. The van der Waals surface area contributed by atoms with E-state index in [-0.39, 0.29) is 6.97 Å². The second kappa shape index (κ2) is 5.55. The molecule has 1 aromatic rings. The zero-order valence-corrected chi connectivity index (χ0v) is 13.8. The molecular formula is C20H21N5. The van der Waals surface area contributed by atoms with E-state index in [1.807, 2.05) is 18.2 Å². The van der Waals surface area contributed by atoms with Crippen LogP contribution >= 0.6 is 0 Å². The van der Waals surface area contributed by atoms with Crippen molar-refractivity contribution in [1.29, 1.82) is 0 Å². The molecule has 4 aliphatic rings. The molecule has 0 amide bonds. The smallest absolute Gasteiger partial charge is 0.143 e. The molecular weight excluding hydrogens is 310 g/mol. The highest BCUT2D eigenvalue weighted by Crippen LogP contribution is 2.54. The molecule has 25 heavy (non-hydrogen) atoms. The molecule has 5 rings (SSSR count). The van der Waals surface area contributed by atoms with E-state index in [1.54, 1.807) is 12.4 Å². The highest BCUT2D eigenvalue weighted by molar-refractivity contribution is 6.08. The average Bonchev–Trinajstić information content (AvgIpc) is 3.37. The van der Waals surface area contributed by atoms with Gasteiger partial charge in [-0.2, -0.15) is 0 Å². The Kier molecular flexibility index (Phi) is 3.20. The SMILES string of the molecule is C1=CCC=CC(C23CC2N=C2C=CC(=NCc4ccncc4)NN23)=C1.[HH]. The largest absolute Gasteiger partial charge is 0.280 e. The fourth-order valence-electron chi connectivity index (χ4n) is 3.69. The van der Waals surface area contributed by atoms with Gasteiger partial charge in [0.25, 0.3) is 0 Å². The molecule has 0 saturated heterocycles. The summed E-state index contributed by atoms with van der Waals surface area (Å²) < 4.78 is 0. The lowest BCUT2D eigenvalue weighted by Crippen LogP contribution is -2.54. The van der Waals surface area contributed by atoms with Crippen molar-refractivity contribution >= 4 is 11.7 Å². The number of amidine groups is 2. The Labute approximate surface area is 148 Å². The zero-order valence-electron chi connectivity index (χ0n) is 13.8. The molecule has 2 aliphatic carbocycles. The van der Waals surface area contributed by atoms with Crippen molar-refractivity contribution in [1.82, 2.24) is 15.4 Å². The minimum atomic E-state index is -0.0529. The van der Waals surface area contributed by atoms with E-state index in [9.17, 15) is 0 Å². The van der Waals surface area contributed by atoms with Gasteiger partial charge < -0.3 is 0 Å². The lowest BCUT2D eigenvalue weighted by atomic mass is 10.0. The lowest BCUT2D eigenvalue weighted by molar-refractivity contribution is 0.303. The molecule has 1 saturated carbocycles. The number of nitrogens with one attached hydrogen (secondary N) is 1. The fourth-order valence-corrected chi connectivity index (χ4v) is 3.69. The summed E-state index contributed by atoms with van der Waals surface area (Å²) in [4.78, 5) is 13.6. The zero-order chi connectivity index (χ0) is 16.7. The molecule has 2 aliphatic heterocycles. The molecule has 0 radical (unpaired) electrons. The first-order valence-corrected chi connectivity index (χ1v) is 8.66. The predicted octanol–water partition coefficient (Wildman–Crippen LogP) is 2.97. The van der Waals surface area contributed by atoms with Gasteiger partial charge in [-0.25, -0.2) is 0 Å². The van der Waals surface area contributed by atoms with Crippen LogP contribution in [0.4, 0.5) is 0 Å². The summed E-state index contributed by atoms with van der Waals surface area (Å²) >= 11 is 0. The minimum Gasteiger partial charge on any atom is -0.280 e. The molecule has 2 atom stereocenters. The van der Waals surface area contributed by atoms with Gasteiger partial charge in [-0.15, -0.1) is 0 Å². The minimum absolute atomic E-state index is 0. The monoisotopic (exact) mass is 331 g/mol. The van der Waals surface area contributed by atoms with E-state index in [4.69, 9.17) is 9.98 Å². The van der Waals surface area contributed by atoms with Crippen LogP contribution < -0.4 is 5.43 Å². The van der Waals surface area contributed by atoms with Crippen molar-refractivity contribution in [2.24, 2.45) is 9.98 Å². The van der Waals surface area contributed by atoms with Crippen LogP contribution in [0.1, 0.15) is 19.8 Å². The molecule has 126 valence electrons. The number of pyridine rings is 1. The van der Waals surface area contributed by atoms with Crippen LogP contribution in [0.3, 0.4) is 0 Å². The number of aromatic nitrogens is 1. The molecule has 1 N–H and O–H groups in total. The van der Waals surface area contributed by atoms with Crippen molar-refractivity contribution in [2.75, 3.05) is 0 Å². The Morgan fingerprint density at radius 1 is 1.24 bits per heavy atom. The first kappa shape index (κ1) is 14.4. The summed E-state index contributed by atoms with van der Waals surface area (Å²) in [6, 6.07) is 4.32. The third kappa shape index (κ3) is 2.35. The summed E-state index contributed by atoms with van der Waals surface area (Å²) in [6.45, 7) is 0.636. The Balaban J connectivity index is 0.00000168. The third-order valence-corrected chi connectivity index (χ3v) is 5.09. The Bertz CT molecular complexity index is 881. The van der Waals surface area contributed by atoms with E-state index >= 15 is 0 Å². The second-order valence-corrected chi connectivity index (χ2v) is 6.66. The summed E-state index contributed by atoms with van der Waals surface area (Å²) in [5.74, 6) is 1.87. The van der Waals surface area contributed by atoms with Crippen molar-refractivity contribution in [3.05, 3.63) is 78.2 Å². The van der Waals surface area contributed by atoms with Gasteiger partial charge in [0.05, 0.1) is 12.6 Å². The van der Waals surface area contributed by atoms with Crippen LogP contribution in [-0.2, 0) is 6.54 Å². The topological polar surface area (TPSA) is 52.9 Å². The average molecular weight is 331 g/mol. The van der Waals surface area contributed by atoms with E-state index in [2.05, 4.69) is 51.9 Å². The van der Waals surface area contributed by atoms with Crippen LogP contribution in [0.15, 0.2) is 82.6 Å². The van der Waals surface area contributed by atoms with E-state index in [1.165, 1.54) is 5.57 Å². The van der Waals surface area contributed by atoms with Gasteiger partial charge in [0.2, 0.25) is 0 Å². The van der Waals surface area contributed by atoms with Gasteiger partial charge in [-0.3, -0.25) is 25.4 Å². The molecule has 3 heterocycles. The number of fused-ring (bicyclic) bond motifs is 3. The van der Waals surface area contributed by atoms with Gasteiger partial charge in [0.1, 0.15) is 17.2 Å². The molecule has 2 unspecified atom stereocenters. The standard InChI is InChI=1S/C20H19N5.H2/c1-2-4-6-16(5-3-1)20-13-17(20)23-19-8-7-18(24-25(19)20)22-14-15-9-11-21-12-10-15;/h1,3-12,17H,2,13-14H2,(H,22,24);1H. The third-order valence-electron chi connectivity index (χ3n) is 5.09. The van der Waals surface area contributed by atoms with Crippen LogP contribution in [0.25, 0.3) is 0 Å². The van der Waals surface area contributed by atoms with Crippen molar-refractivity contribution in [3.8, 4) is 0 Å². The number of aliphatic imine (C=N–C) groups is 2. The molecule has 0 bridgehead atoms. The molecule has 5 nitrogen and oxygen atoms in total. The number of hydrazine groups is 1. The number of hydrogen-bond acceptors (Lipinski definition) is 4. The van der Waals surface area contributed by atoms with Crippen molar-refractivity contribution in [2.45, 2.75) is 31.0 Å². The van der Waals surface area contributed by atoms with Crippen molar-refractivity contribution in [3.63, 3.8) is 0 Å². The Morgan fingerprint density at radius 3 is 3.08 bits per heavy atom. The maximum Gasteiger partial charge on any atom is 0.143 e. The first-order chi connectivity index (χ1) is 12.4. The number of nitrogens with zero attached hydrogens (tertiary/aromatic N) is 4. The molecule has 0 aromatic carbocycles. The normalized spacial score (nSPS) is 30.3. The molecule has 0 spiro atoms. The highest BCUT2D eigenvalue weighted by atomic mass is 15.6. The second-order valence-electron chi connectivity index (χ2n) is 6.66. The summed E-state index contributed by atoms with van der Waals surface area (Å²) in [6.07, 6.45) is 20.7. The number of allylic oxidation sites excluding steroid dienone is 4. The summed E-state index contributed by atoms with van der Waals surface area (Å²) in [5, 5.41) is 2.21. The summed E-state index contributed by atoms with van der Waals surface area (Å²) in [5.41, 5.74) is 5.90. The van der Waals surface area contributed by atoms with Crippen molar-refractivity contribution < 1.29 is 1.43 Å². The lowest BCUT2D eigenvalue weighted by Gasteiger charge is -2.34. The number of hydrogen-bond donors (Lipinski definition) is 1. The van der Waals surface area contributed by atoms with Crippen LogP contribution in [-0.4, -0.2) is 33.2 Å². The first-order valence-electron chi connectivity index (χ1n) is 8.66. The van der Waals surface area contributed by atoms with E-state index in [0.717, 1.165) is 30.1 Å². The molecule has 5 heteroatoms. The van der Waals surface area contributed by atoms with Gasteiger partial charge in [-0.05, 0) is 41.8 Å². The van der Waals surface area contributed by atoms with Gasteiger partial charge in [-0.1, -0.05) is 30.4 Å². The number of rotatable bonds is 3. The maximum atomic E-state index is 4.85. The van der Waals surface area contributed by atoms with Crippen LogP contribution in [0, 0.1) is 0 Å². The maximum absolute atomic E-state index is 4.85. The molecule has 1 fully saturated rings. The van der Waals surface area contributed by atoms with Gasteiger partial charge >= 0.3 is 0 Å². The Morgan fingerprint density at radius 2 is 2.16 bits per heavy atom.